The highest BCUT2D eigenvalue weighted by Gasteiger charge is 1.95. The fraction of sp³-hybridized carbons (Fsp3) is 0.167. The molecule has 2 rings (SSSR count). The van der Waals surface area contributed by atoms with E-state index in [1.807, 2.05) is 6.92 Å². The first kappa shape index (κ1) is 7.62. The van der Waals surface area contributed by atoms with E-state index < -0.39 is 0 Å². The Hall–Kier alpha value is -1.49. The number of aromatic nitrogens is 4. The van der Waals surface area contributed by atoms with E-state index in [1.165, 1.54) is 0 Å². The third kappa shape index (κ3) is 1.18. The lowest BCUT2D eigenvalue weighted by atomic mass is 10.5. The van der Waals surface area contributed by atoms with Crippen molar-refractivity contribution in [3.05, 3.63) is 18.3 Å². The molecule has 5 heteroatoms. The Bertz CT molecular complexity index is 353. The Morgan fingerprint density at radius 3 is 3.00 bits per heavy atom. The van der Waals surface area contributed by atoms with Gasteiger partial charge in [0.1, 0.15) is 11.3 Å². The number of imidazole rings is 1. The van der Waals surface area contributed by atoms with E-state index in [4.69, 9.17) is 0 Å². The van der Waals surface area contributed by atoms with Gasteiger partial charge in [0.15, 0.2) is 5.65 Å². The van der Waals surface area contributed by atoms with Crippen molar-refractivity contribution in [2.24, 2.45) is 0 Å². The van der Waals surface area contributed by atoms with Crippen LogP contribution in [0.4, 0.5) is 0 Å². The van der Waals surface area contributed by atoms with Crippen molar-refractivity contribution in [2.75, 3.05) is 0 Å². The first-order chi connectivity index (χ1) is 4.86. The van der Waals surface area contributed by atoms with Crippen LogP contribution < -0.4 is 6.15 Å². The smallest absolute Gasteiger partial charge is 0.180 e. The molecule has 0 atom stereocenters. The fourth-order valence-corrected chi connectivity index (χ4v) is 0.821. The standard InChI is InChI=1S/C6H6N4.H3N/c1-4-7-2-5-6(10-4)9-3-8-5;/h2-3H,1H3,(H,7,8,9,10);1H3. The Kier molecular flexibility index (Phi) is 1.82. The highest BCUT2D eigenvalue weighted by molar-refractivity contribution is 5.67. The molecule has 4 N–H and O–H groups in total. The summed E-state index contributed by atoms with van der Waals surface area (Å²) in [5.74, 6) is 0.750. The molecular formula is C6H9N5. The second-order valence-corrected chi connectivity index (χ2v) is 2.06. The van der Waals surface area contributed by atoms with E-state index in [2.05, 4.69) is 19.9 Å². The third-order valence-corrected chi connectivity index (χ3v) is 1.30. The SMILES string of the molecule is Cc1ncc2[nH]cnc2n1.N. The molecule has 2 heterocycles. The predicted octanol–water partition coefficient (Wildman–Crippen LogP) is 0.823. The van der Waals surface area contributed by atoms with Crippen molar-refractivity contribution in [1.29, 1.82) is 0 Å². The zero-order valence-electron chi connectivity index (χ0n) is 6.20. The van der Waals surface area contributed by atoms with Gasteiger partial charge in [0.2, 0.25) is 0 Å². The lowest BCUT2D eigenvalue weighted by Gasteiger charge is -1.87. The van der Waals surface area contributed by atoms with E-state index in [0.717, 1.165) is 17.0 Å². The molecule has 0 saturated carbocycles. The van der Waals surface area contributed by atoms with Gasteiger partial charge in [-0.15, -0.1) is 0 Å². The van der Waals surface area contributed by atoms with Crippen molar-refractivity contribution >= 4 is 11.2 Å². The van der Waals surface area contributed by atoms with Gasteiger partial charge in [-0.3, -0.25) is 0 Å². The molecule has 0 fully saturated rings. The van der Waals surface area contributed by atoms with Crippen LogP contribution in [-0.4, -0.2) is 19.9 Å². The van der Waals surface area contributed by atoms with E-state index in [0.29, 0.717) is 0 Å². The maximum absolute atomic E-state index is 4.08. The average molecular weight is 151 g/mol. The van der Waals surface area contributed by atoms with Gasteiger partial charge in [-0.05, 0) is 6.92 Å². The molecule has 0 unspecified atom stereocenters. The second-order valence-electron chi connectivity index (χ2n) is 2.06. The Labute approximate surface area is 63.5 Å². The summed E-state index contributed by atoms with van der Waals surface area (Å²) in [7, 11) is 0. The molecule has 0 bridgehead atoms. The van der Waals surface area contributed by atoms with E-state index >= 15 is 0 Å². The second kappa shape index (κ2) is 2.63. The molecule has 0 saturated heterocycles. The number of hydrogen-bond donors (Lipinski definition) is 2. The largest absolute Gasteiger partial charge is 0.344 e. The topological polar surface area (TPSA) is 89.5 Å². The van der Waals surface area contributed by atoms with Gasteiger partial charge in [0.05, 0.1) is 12.5 Å². The van der Waals surface area contributed by atoms with Gasteiger partial charge in [0, 0.05) is 0 Å². The van der Waals surface area contributed by atoms with Gasteiger partial charge in [-0.25, -0.2) is 15.0 Å². The van der Waals surface area contributed by atoms with Crippen LogP contribution in [0.25, 0.3) is 11.2 Å². The predicted molar refractivity (Wildman–Crippen MR) is 41.4 cm³/mol. The maximum atomic E-state index is 4.08. The van der Waals surface area contributed by atoms with Crippen LogP contribution in [0.3, 0.4) is 0 Å². The zero-order valence-corrected chi connectivity index (χ0v) is 6.20. The normalized spacial score (nSPS) is 9.55. The van der Waals surface area contributed by atoms with Crippen molar-refractivity contribution < 1.29 is 0 Å². The van der Waals surface area contributed by atoms with Gasteiger partial charge >= 0.3 is 0 Å². The van der Waals surface area contributed by atoms with Crippen molar-refractivity contribution in [3.63, 3.8) is 0 Å². The van der Waals surface area contributed by atoms with Crippen LogP contribution in [0.2, 0.25) is 0 Å². The van der Waals surface area contributed by atoms with E-state index in [9.17, 15) is 0 Å². The van der Waals surface area contributed by atoms with Gasteiger partial charge in [-0.2, -0.15) is 0 Å². The summed E-state index contributed by atoms with van der Waals surface area (Å²) >= 11 is 0. The molecule has 0 aliphatic heterocycles. The van der Waals surface area contributed by atoms with Crippen LogP contribution in [0, 0.1) is 6.92 Å². The van der Waals surface area contributed by atoms with Crippen LogP contribution in [-0.2, 0) is 0 Å². The number of nitrogens with one attached hydrogen (secondary N) is 1. The molecule has 0 aromatic carbocycles. The number of aromatic amines is 1. The highest BCUT2D eigenvalue weighted by Crippen LogP contribution is 2.02. The summed E-state index contributed by atoms with van der Waals surface area (Å²) in [4.78, 5) is 15.0. The van der Waals surface area contributed by atoms with Crippen LogP contribution in [0.15, 0.2) is 12.5 Å². The summed E-state index contributed by atoms with van der Waals surface area (Å²) in [6, 6.07) is 0. The van der Waals surface area contributed by atoms with Crippen LogP contribution in [0.1, 0.15) is 5.82 Å². The van der Waals surface area contributed by atoms with Crippen molar-refractivity contribution in [2.45, 2.75) is 6.92 Å². The summed E-state index contributed by atoms with van der Waals surface area (Å²) < 4.78 is 0. The number of rotatable bonds is 0. The molecule has 5 nitrogen and oxygen atoms in total. The minimum Gasteiger partial charge on any atom is -0.344 e. The minimum absolute atomic E-state index is 0. The first-order valence-electron chi connectivity index (χ1n) is 2.99. The van der Waals surface area contributed by atoms with Gasteiger partial charge in [0.25, 0.3) is 0 Å². The minimum atomic E-state index is 0. The Morgan fingerprint density at radius 1 is 1.36 bits per heavy atom. The summed E-state index contributed by atoms with van der Waals surface area (Å²) in [6.07, 6.45) is 3.34. The quantitative estimate of drug-likeness (QED) is 0.583. The Balaban J connectivity index is 0.000000605. The molecule has 2 aromatic rings. The summed E-state index contributed by atoms with van der Waals surface area (Å²) in [5.41, 5.74) is 1.61. The number of fused-ring (bicyclic) bond motifs is 1. The monoisotopic (exact) mass is 151 g/mol. The van der Waals surface area contributed by atoms with Crippen molar-refractivity contribution in [1.82, 2.24) is 26.1 Å². The lowest BCUT2D eigenvalue weighted by molar-refractivity contribution is 1.08. The Morgan fingerprint density at radius 2 is 2.18 bits per heavy atom. The number of H-pyrrole nitrogens is 1. The number of hydrogen-bond acceptors (Lipinski definition) is 4. The summed E-state index contributed by atoms with van der Waals surface area (Å²) in [5, 5.41) is 0. The molecule has 0 aliphatic carbocycles. The number of nitrogens with zero attached hydrogens (tertiary/aromatic N) is 3. The molecule has 0 amide bonds. The van der Waals surface area contributed by atoms with Crippen LogP contribution >= 0.6 is 0 Å². The summed E-state index contributed by atoms with van der Waals surface area (Å²) in [6.45, 7) is 1.84. The highest BCUT2D eigenvalue weighted by atomic mass is 15.0. The molecule has 11 heavy (non-hydrogen) atoms. The van der Waals surface area contributed by atoms with E-state index in [1.54, 1.807) is 12.5 Å². The molecule has 0 aliphatic rings. The molecule has 58 valence electrons. The van der Waals surface area contributed by atoms with E-state index in [-0.39, 0.29) is 6.15 Å². The maximum Gasteiger partial charge on any atom is 0.180 e. The first-order valence-corrected chi connectivity index (χ1v) is 2.99. The zero-order chi connectivity index (χ0) is 6.97. The number of aryl methyl sites for hydroxylation is 1. The molecule has 0 radical (unpaired) electrons. The van der Waals surface area contributed by atoms with Gasteiger partial charge in [-0.1, -0.05) is 0 Å². The fourth-order valence-electron chi connectivity index (χ4n) is 0.821. The van der Waals surface area contributed by atoms with Crippen molar-refractivity contribution in [3.8, 4) is 0 Å². The lowest BCUT2D eigenvalue weighted by Crippen LogP contribution is -1.85. The van der Waals surface area contributed by atoms with Gasteiger partial charge < -0.3 is 11.1 Å². The van der Waals surface area contributed by atoms with Crippen LogP contribution in [0.5, 0.6) is 0 Å². The average Bonchev–Trinajstić information content (AvgIpc) is 2.33. The third-order valence-electron chi connectivity index (χ3n) is 1.30. The molecular weight excluding hydrogens is 142 g/mol. The molecule has 2 aromatic heterocycles. The molecule has 0 spiro atoms.